The molecule has 7 nitrogen and oxygen atoms in total. The number of nitrogens with zero attached hydrogens (tertiary/aromatic N) is 2. The molecule has 0 aromatic carbocycles. The van der Waals surface area contributed by atoms with Crippen LogP contribution < -0.4 is 0 Å². The second-order valence-corrected chi connectivity index (χ2v) is 10.5. The SMILES string of the molecule is O=C(O)C1CC2CCC1N2S(=O)(=O)C1CCCN(C(=O)C2CCCC2)C1. The third-order valence-corrected chi connectivity index (χ3v) is 9.28. The molecule has 1 aliphatic carbocycles. The van der Waals surface area contributed by atoms with Crippen molar-refractivity contribution in [1.29, 1.82) is 0 Å². The first-order chi connectivity index (χ1) is 12.4. The van der Waals surface area contributed by atoms with Crippen molar-refractivity contribution in [3.05, 3.63) is 0 Å². The van der Waals surface area contributed by atoms with Gasteiger partial charge in [-0.1, -0.05) is 12.8 Å². The standard InChI is InChI=1S/C18H28N2O5S/c21-17(12-4-1-2-5-12)19-9-3-6-14(11-19)26(24,25)20-13-7-8-16(20)15(10-13)18(22)23/h12-16H,1-11H2,(H,22,23). The topological polar surface area (TPSA) is 95.0 Å². The van der Waals surface area contributed by atoms with Gasteiger partial charge >= 0.3 is 5.97 Å². The van der Waals surface area contributed by atoms with E-state index in [1.807, 2.05) is 0 Å². The maximum atomic E-state index is 13.3. The van der Waals surface area contributed by atoms with E-state index >= 15 is 0 Å². The largest absolute Gasteiger partial charge is 0.481 e. The van der Waals surface area contributed by atoms with E-state index in [4.69, 9.17) is 0 Å². The van der Waals surface area contributed by atoms with Crippen molar-refractivity contribution in [2.45, 2.75) is 75.1 Å². The Morgan fingerprint density at radius 2 is 1.69 bits per heavy atom. The van der Waals surface area contributed by atoms with Crippen LogP contribution in [-0.2, 0) is 19.6 Å². The van der Waals surface area contributed by atoms with Gasteiger partial charge in [0.2, 0.25) is 15.9 Å². The summed E-state index contributed by atoms with van der Waals surface area (Å²) in [5.41, 5.74) is 0. The molecule has 3 aliphatic heterocycles. The number of amides is 1. The summed E-state index contributed by atoms with van der Waals surface area (Å²) in [6, 6.07) is -0.574. The highest BCUT2D eigenvalue weighted by molar-refractivity contribution is 7.89. The maximum absolute atomic E-state index is 13.3. The molecule has 146 valence electrons. The lowest BCUT2D eigenvalue weighted by Crippen LogP contribution is -2.52. The second-order valence-electron chi connectivity index (χ2n) is 8.38. The number of hydrogen-bond acceptors (Lipinski definition) is 4. The molecule has 3 saturated heterocycles. The number of fused-ring (bicyclic) bond motifs is 2. The zero-order valence-electron chi connectivity index (χ0n) is 15.0. The van der Waals surface area contributed by atoms with Crippen LogP contribution >= 0.6 is 0 Å². The Kier molecular flexibility index (Phi) is 4.75. The van der Waals surface area contributed by atoms with Crippen LogP contribution in [0.25, 0.3) is 0 Å². The molecular formula is C18H28N2O5S. The van der Waals surface area contributed by atoms with Gasteiger partial charge in [-0.25, -0.2) is 8.42 Å². The van der Waals surface area contributed by atoms with Crippen LogP contribution in [0.1, 0.15) is 57.8 Å². The summed E-state index contributed by atoms with van der Waals surface area (Å²) < 4.78 is 28.1. The average molecular weight is 384 g/mol. The summed E-state index contributed by atoms with van der Waals surface area (Å²) in [4.78, 5) is 25.9. The van der Waals surface area contributed by atoms with Crippen LogP contribution in [0.5, 0.6) is 0 Å². The Morgan fingerprint density at radius 1 is 0.962 bits per heavy atom. The number of carbonyl (C=O) groups excluding carboxylic acids is 1. The van der Waals surface area contributed by atoms with Crippen molar-refractivity contribution in [3.8, 4) is 0 Å². The minimum Gasteiger partial charge on any atom is -0.481 e. The summed E-state index contributed by atoms with van der Waals surface area (Å²) >= 11 is 0. The van der Waals surface area contributed by atoms with Crippen molar-refractivity contribution in [2.24, 2.45) is 11.8 Å². The Morgan fingerprint density at radius 3 is 2.35 bits per heavy atom. The number of carbonyl (C=O) groups is 2. The van der Waals surface area contributed by atoms with Gasteiger partial charge in [-0.3, -0.25) is 9.59 Å². The molecule has 4 unspecified atom stereocenters. The normalized spacial score (nSPS) is 35.9. The molecule has 0 spiro atoms. The van der Waals surface area contributed by atoms with E-state index in [0.29, 0.717) is 32.2 Å². The van der Waals surface area contributed by atoms with Crippen LogP contribution in [-0.4, -0.2) is 65.0 Å². The number of likely N-dealkylation sites (tertiary alicyclic amines) is 1. The van der Waals surface area contributed by atoms with E-state index in [0.717, 1.165) is 32.1 Å². The quantitative estimate of drug-likeness (QED) is 0.791. The van der Waals surface area contributed by atoms with Gasteiger partial charge in [-0.2, -0.15) is 4.31 Å². The molecule has 4 atom stereocenters. The zero-order chi connectivity index (χ0) is 18.5. The lowest BCUT2D eigenvalue weighted by atomic mass is 9.89. The van der Waals surface area contributed by atoms with E-state index in [2.05, 4.69) is 0 Å². The van der Waals surface area contributed by atoms with Crippen LogP contribution in [0.4, 0.5) is 0 Å². The number of piperidine rings is 1. The van der Waals surface area contributed by atoms with Crippen LogP contribution in [0, 0.1) is 11.8 Å². The summed E-state index contributed by atoms with van der Waals surface area (Å²) in [5.74, 6) is -1.28. The molecule has 1 N–H and O–H groups in total. The van der Waals surface area contributed by atoms with E-state index in [9.17, 15) is 23.1 Å². The number of carboxylic acid groups (broad SMARTS) is 1. The molecule has 4 fully saturated rings. The fourth-order valence-corrected chi connectivity index (χ4v) is 8.00. The molecule has 8 heteroatoms. The second kappa shape index (κ2) is 6.78. The summed E-state index contributed by atoms with van der Waals surface area (Å²) in [6.45, 7) is 0.914. The van der Waals surface area contributed by atoms with Gasteiger partial charge in [0.1, 0.15) is 0 Å². The van der Waals surface area contributed by atoms with Crippen molar-refractivity contribution in [1.82, 2.24) is 9.21 Å². The monoisotopic (exact) mass is 384 g/mol. The molecule has 0 aromatic heterocycles. The fraction of sp³-hybridized carbons (Fsp3) is 0.889. The van der Waals surface area contributed by atoms with Gasteiger partial charge in [0, 0.05) is 31.1 Å². The predicted molar refractivity (Wildman–Crippen MR) is 94.9 cm³/mol. The van der Waals surface area contributed by atoms with Gasteiger partial charge in [0.05, 0.1) is 11.2 Å². The summed E-state index contributed by atoms with van der Waals surface area (Å²) in [5, 5.41) is 8.81. The number of hydrogen-bond donors (Lipinski definition) is 1. The molecular weight excluding hydrogens is 356 g/mol. The number of carboxylic acids is 1. The first kappa shape index (κ1) is 18.2. The summed E-state index contributed by atoms with van der Waals surface area (Å²) in [7, 11) is -3.58. The molecule has 0 aromatic rings. The van der Waals surface area contributed by atoms with Crippen LogP contribution in [0.3, 0.4) is 0 Å². The Balaban J connectivity index is 1.49. The van der Waals surface area contributed by atoms with Gasteiger partial charge in [0.15, 0.2) is 0 Å². The Labute approximate surface area is 154 Å². The van der Waals surface area contributed by atoms with E-state index in [1.165, 1.54) is 4.31 Å². The van der Waals surface area contributed by atoms with Gasteiger partial charge in [0.25, 0.3) is 0 Å². The van der Waals surface area contributed by atoms with E-state index < -0.39 is 33.2 Å². The van der Waals surface area contributed by atoms with E-state index in [-0.39, 0.29) is 24.4 Å². The lowest BCUT2D eigenvalue weighted by molar-refractivity contribution is -0.142. The maximum Gasteiger partial charge on any atom is 0.308 e. The van der Waals surface area contributed by atoms with Gasteiger partial charge in [-0.05, 0) is 44.9 Å². The molecule has 0 radical (unpaired) electrons. The fourth-order valence-electron chi connectivity index (χ4n) is 5.59. The lowest BCUT2D eigenvalue weighted by Gasteiger charge is -2.36. The third kappa shape index (κ3) is 2.95. The number of sulfonamides is 1. The summed E-state index contributed by atoms with van der Waals surface area (Å²) in [6.07, 6.45) is 7.09. The molecule has 4 rings (SSSR count). The average Bonchev–Trinajstić information content (AvgIpc) is 3.36. The zero-order valence-corrected chi connectivity index (χ0v) is 15.9. The first-order valence-corrected chi connectivity index (χ1v) is 11.4. The molecule has 1 amide bonds. The van der Waals surface area contributed by atoms with E-state index in [1.54, 1.807) is 4.90 Å². The van der Waals surface area contributed by atoms with Crippen LogP contribution in [0.15, 0.2) is 0 Å². The van der Waals surface area contributed by atoms with Crippen LogP contribution in [0.2, 0.25) is 0 Å². The highest BCUT2D eigenvalue weighted by atomic mass is 32.2. The van der Waals surface area contributed by atoms with Gasteiger partial charge in [-0.15, -0.1) is 0 Å². The third-order valence-electron chi connectivity index (χ3n) is 6.90. The highest BCUT2D eigenvalue weighted by Crippen LogP contribution is 2.45. The molecule has 4 aliphatic rings. The number of rotatable bonds is 4. The predicted octanol–water partition coefficient (Wildman–Crippen LogP) is 1.43. The molecule has 3 heterocycles. The smallest absolute Gasteiger partial charge is 0.308 e. The highest BCUT2D eigenvalue weighted by Gasteiger charge is 2.55. The van der Waals surface area contributed by atoms with Crippen molar-refractivity contribution >= 4 is 21.9 Å². The Hall–Kier alpha value is -1.15. The van der Waals surface area contributed by atoms with Crippen molar-refractivity contribution in [3.63, 3.8) is 0 Å². The molecule has 26 heavy (non-hydrogen) atoms. The Bertz CT molecular complexity index is 688. The van der Waals surface area contributed by atoms with Crippen molar-refractivity contribution in [2.75, 3.05) is 13.1 Å². The molecule has 1 saturated carbocycles. The minimum absolute atomic E-state index is 0.0656. The molecule has 2 bridgehead atoms. The first-order valence-electron chi connectivity index (χ1n) is 9.93. The minimum atomic E-state index is -3.58. The van der Waals surface area contributed by atoms with Gasteiger partial charge < -0.3 is 10.0 Å². The van der Waals surface area contributed by atoms with Crippen molar-refractivity contribution < 1.29 is 23.1 Å². The number of aliphatic carboxylic acids is 1.